The van der Waals surface area contributed by atoms with Gasteiger partial charge in [0.1, 0.15) is 5.69 Å². The van der Waals surface area contributed by atoms with Gasteiger partial charge in [-0.25, -0.2) is 0 Å². The molecule has 1 saturated heterocycles. The molecule has 0 unspecified atom stereocenters. The van der Waals surface area contributed by atoms with Crippen LogP contribution >= 0.6 is 11.6 Å². The summed E-state index contributed by atoms with van der Waals surface area (Å²) in [5.74, 6) is 1.79. The maximum Gasteiger partial charge on any atom is 0.151 e. The summed E-state index contributed by atoms with van der Waals surface area (Å²) in [5, 5.41) is 8.16. The van der Waals surface area contributed by atoms with Crippen molar-refractivity contribution in [3.63, 3.8) is 0 Å². The normalized spacial score (nSPS) is 16.8. The van der Waals surface area contributed by atoms with Crippen LogP contribution in [-0.4, -0.2) is 36.7 Å². The second-order valence-corrected chi connectivity index (χ2v) is 6.73. The minimum absolute atomic E-state index is 0.735. The highest BCUT2D eigenvalue weighted by atomic mass is 35.5. The molecule has 0 saturated carbocycles. The van der Waals surface area contributed by atoms with Gasteiger partial charge in [-0.2, -0.15) is 0 Å². The smallest absolute Gasteiger partial charge is 0.151 e. The number of halogens is 1. The SMILES string of the molecule is CNCCC1CCN(Cc2cc(-c3ccc(Cl)cc3)no2)CC1. The highest BCUT2D eigenvalue weighted by Gasteiger charge is 2.20. The molecule has 1 aromatic carbocycles. The van der Waals surface area contributed by atoms with Crippen molar-refractivity contribution in [1.29, 1.82) is 0 Å². The molecule has 1 aromatic heterocycles. The minimum atomic E-state index is 0.735. The third-order valence-corrected chi connectivity index (χ3v) is 4.84. The van der Waals surface area contributed by atoms with Crippen LogP contribution in [0.1, 0.15) is 25.0 Å². The van der Waals surface area contributed by atoms with Crippen molar-refractivity contribution in [3.05, 3.63) is 41.1 Å². The van der Waals surface area contributed by atoms with Gasteiger partial charge in [-0.05, 0) is 64.0 Å². The molecular weight excluding hydrogens is 310 g/mol. The lowest BCUT2D eigenvalue weighted by atomic mass is 9.93. The maximum atomic E-state index is 5.92. The van der Waals surface area contributed by atoms with E-state index in [9.17, 15) is 0 Å². The van der Waals surface area contributed by atoms with Crippen molar-refractivity contribution in [2.45, 2.75) is 25.8 Å². The molecule has 0 aliphatic carbocycles. The molecule has 5 heteroatoms. The molecule has 1 fully saturated rings. The molecule has 1 N–H and O–H groups in total. The fraction of sp³-hybridized carbons (Fsp3) is 0.500. The number of piperidine rings is 1. The fourth-order valence-corrected chi connectivity index (χ4v) is 3.27. The van der Waals surface area contributed by atoms with Gasteiger partial charge in [0.25, 0.3) is 0 Å². The van der Waals surface area contributed by atoms with Gasteiger partial charge in [0.15, 0.2) is 5.76 Å². The highest BCUT2D eigenvalue weighted by molar-refractivity contribution is 6.30. The van der Waals surface area contributed by atoms with E-state index in [1.54, 1.807) is 0 Å². The summed E-state index contributed by atoms with van der Waals surface area (Å²) in [4.78, 5) is 2.46. The molecule has 1 aliphatic heterocycles. The van der Waals surface area contributed by atoms with Crippen LogP contribution in [0, 0.1) is 5.92 Å². The quantitative estimate of drug-likeness (QED) is 0.872. The Labute approximate surface area is 142 Å². The van der Waals surface area contributed by atoms with Crippen LogP contribution in [0.4, 0.5) is 0 Å². The third-order valence-electron chi connectivity index (χ3n) is 4.59. The van der Waals surface area contributed by atoms with Gasteiger partial charge in [0, 0.05) is 16.7 Å². The largest absolute Gasteiger partial charge is 0.359 e. The van der Waals surface area contributed by atoms with Gasteiger partial charge in [-0.15, -0.1) is 0 Å². The van der Waals surface area contributed by atoms with Gasteiger partial charge in [-0.3, -0.25) is 4.90 Å². The number of rotatable bonds is 6. The summed E-state index contributed by atoms with van der Waals surface area (Å²) in [6, 6.07) is 9.73. The van der Waals surface area contributed by atoms with Crippen LogP contribution in [0.15, 0.2) is 34.9 Å². The van der Waals surface area contributed by atoms with E-state index in [4.69, 9.17) is 16.1 Å². The van der Waals surface area contributed by atoms with Crippen molar-refractivity contribution >= 4 is 11.6 Å². The van der Waals surface area contributed by atoms with Gasteiger partial charge in [-0.1, -0.05) is 28.9 Å². The van der Waals surface area contributed by atoms with E-state index in [1.807, 2.05) is 37.4 Å². The minimum Gasteiger partial charge on any atom is -0.359 e. The number of nitrogens with zero attached hydrogens (tertiary/aromatic N) is 2. The number of aromatic nitrogens is 1. The molecule has 0 atom stereocenters. The Kier molecular flexibility index (Phi) is 5.70. The van der Waals surface area contributed by atoms with E-state index in [2.05, 4.69) is 15.4 Å². The van der Waals surface area contributed by atoms with E-state index >= 15 is 0 Å². The van der Waals surface area contributed by atoms with Gasteiger partial charge in [0.05, 0.1) is 6.54 Å². The average Bonchev–Trinajstić information content (AvgIpc) is 3.03. The zero-order valence-electron chi connectivity index (χ0n) is 13.6. The molecule has 0 spiro atoms. The van der Waals surface area contributed by atoms with Crippen molar-refractivity contribution in [3.8, 4) is 11.3 Å². The van der Waals surface area contributed by atoms with E-state index in [0.717, 1.165) is 54.1 Å². The lowest BCUT2D eigenvalue weighted by molar-refractivity contribution is 0.158. The summed E-state index contributed by atoms with van der Waals surface area (Å²) < 4.78 is 5.51. The molecule has 23 heavy (non-hydrogen) atoms. The van der Waals surface area contributed by atoms with Crippen LogP contribution in [0.2, 0.25) is 5.02 Å². The number of nitrogens with one attached hydrogen (secondary N) is 1. The van der Waals surface area contributed by atoms with Crippen molar-refractivity contribution in [2.24, 2.45) is 5.92 Å². The zero-order chi connectivity index (χ0) is 16.1. The van der Waals surface area contributed by atoms with Gasteiger partial charge in [0.2, 0.25) is 0 Å². The number of likely N-dealkylation sites (tertiary alicyclic amines) is 1. The number of benzene rings is 1. The second kappa shape index (κ2) is 7.95. The molecule has 0 amide bonds. The number of hydrogen-bond acceptors (Lipinski definition) is 4. The first kappa shape index (κ1) is 16.5. The summed E-state index contributed by atoms with van der Waals surface area (Å²) in [6.45, 7) is 4.26. The fourth-order valence-electron chi connectivity index (χ4n) is 3.15. The topological polar surface area (TPSA) is 41.3 Å². The van der Waals surface area contributed by atoms with E-state index in [0.29, 0.717) is 0 Å². The molecule has 0 bridgehead atoms. The molecule has 124 valence electrons. The second-order valence-electron chi connectivity index (χ2n) is 6.30. The monoisotopic (exact) mass is 333 g/mol. The molecular formula is C18H24ClN3O. The third kappa shape index (κ3) is 4.56. The summed E-state index contributed by atoms with van der Waals surface area (Å²) in [7, 11) is 2.03. The summed E-state index contributed by atoms with van der Waals surface area (Å²) >= 11 is 5.92. The lowest BCUT2D eigenvalue weighted by Gasteiger charge is -2.31. The van der Waals surface area contributed by atoms with Crippen LogP contribution in [0.3, 0.4) is 0 Å². The standard InChI is InChI=1S/C18H24ClN3O/c1-20-9-6-14-7-10-22(11-8-14)13-17-12-18(21-23-17)15-2-4-16(19)5-3-15/h2-5,12,14,20H,6-11,13H2,1H3. The first-order valence-electron chi connectivity index (χ1n) is 8.33. The zero-order valence-corrected chi connectivity index (χ0v) is 14.4. The first-order valence-corrected chi connectivity index (χ1v) is 8.71. The molecule has 2 heterocycles. The van der Waals surface area contributed by atoms with Crippen LogP contribution in [0.25, 0.3) is 11.3 Å². The Morgan fingerprint density at radius 3 is 2.70 bits per heavy atom. The predicted octanol–water partition coefficient (Wildman–Crippen LogP) is 3.82. The summed E-state index contributed by atoms with van der Waals surface area (Å²) in [5.41, 5.74) is 1.91. The Morgan fingerprint density at radius 2 is 2.00 bits per heavy atom. The van der Waals surface area contributed by atoms with Crippen molar-refractivity contribution < 1.29 is 4.52 Å². The molecule has 0 radical (unpaired) electrons. The van der Waals surface area contributed by atoms with Crippen molar-refractivity contribution in [2.75, 3.05) is 26.7 Å². The molecule has 2 aromatic rings. The Morgan fingerprint density at radius 1 is 1.26 bits per heavy atom. The first-order chi connectivity index (χ1) is 11.2. The Balaban J connectivity index is 1.53. The maximum absolute atomic E-state index is 5.92. The van der Waals surface area contributed by atoms with Crippen LogP contribution < -0.4 is 5.32 Å². The van der Waals surface area contributed by atoms with E-state index in [1.165, 1.54) is 19.3 Å². The molecule has 4 nitrogen and oxygen atoms in total. The van der Waals surface area contributed by atoms with Crippen LogP contribution in [0.5, 0.6) is 0 Å². The molecule has 3 rings (SSSR count). The number of hydrogen-bond donors (Lipinski definition) is 1. The average molecular weight is 334 g/mol. The van der Waals surface area contributed by atoms with Crippen molar-refractivity contribution in [1.82, 2.24) is 15.4 Å². The van der Waals surface area contributed by atoms with Gasteiger partial charge >= 0.3 is 0 Å². The predicted molar refractivity (Wildman–Crippen MR) is 93.5 cm³/mol. The van der Waals surface area contributed by atoms with Crippen LogP contribution in [-0.2, 0) is 6.54 Å². The van der Waals surface area contributed by atoms with E-state index < -0.39 is 0 Å². The van der Waals surface area contributed by atoms with Gasteiger partial charge < -0.3 is 9.84 Å². The Hall–Kier alpha value is -1.36. The Bertz CT molecular complexity index is 603. The lowest BCUT2D eigenvalue weighted by Crippen LogP contribution is -2.33. The summed E-state index contributed by atoms with van der Waals surface area (Å²) in [6.07, 6.45) is 3.84. The van der Waals surface area contributed by atoms with E-state index in [-0.39, 0.29) is 0 Å². The molecule has 1 aliphatic rings. The highest BCUT2D eigenvalue weighted by Crippen LogP contribution is 2.24.